The van der Waals surface area contributed by atoms with Crippen LogP contribution in [0, 0.1) is 23.2 Å². The lowest BCUT2D eigenvalue weighted by molar-refractivity contribution is -0.122. The number of nitrogens with one attached hydrogen (secondary N) is 1. The minimum absolute atomic E-state index is 0.215. The molecule has 108 valence electrons. The third kappa shape index (κ3) is 7.20. The standard InChI is InChI=1S/C16H28N2O/c1-13(2)5-3-4-6-16(19)18-15-9-7-14(8-10-15)11-12-17/h13-15H,3-11H2,1-2H3,(H,18,19). The van der Waals surface area contributed by atoms with Gasteiger partial charge >= 0.3 is 0 Å². The van der Waals surface area contributed by atoms with E-state index in [4.69, 9.17) is 5.26 Å². The van der Waals surface area contributed by atoms with Crippen LogP contribution in [0.4, 0.5) is 0 Å². The zero-order valence-electron chi connectivity index (χ0n) is 12.5. The van der Waals surface area contributed by atoms with Crippen LogP contribution in [-0.4, -0.2) is 11.9 Å². The number of carbonyl (C=O) groups excluding carboxylic acids is 1. The van der Waals surface area contributed by atoms with E-state index in [-0.39, 0.29) is 5.91 Å². The summed E-state index contributed by atoms with van der Waals surface area (Å²) in [6.07, 6.45) is 8.99. The molecular weight excluding hydrogens is 236 g/mol. The van der Waals surface area contributed by atoms with Gasteiger partial charge in [0.05, 0.1) is 6.07 Å². The molecule has 3 nitrogen and oxygen atoms in total. The highest BCUT2D eigenvalue weighted by Crippen LogP contribution is 2.26. The van der Waals surface area contributed by atoms with E-state index >= 15 is 0 Å². The van der Waals surface area contributed by atoms with Crippen LogP contribution in [-0.2, 0) is 4.79 Å². The molecule has 1 amide bonds. The van der Waals surface area contributed by atoms with Crippen molar-refractivity contribution in [1.29, 1.82) is 5.26 Å². The second kappa shape index (κ2) is 8.96. The molecule has 1 N–H and O–H groups in total. The number of carbonyl (C=O) groups is 1. The molecule has 0 aliphatic heterocycles. The van der Waals surface area contributed by atoms with Gasteiger partial charge in [0.25, 0.3) is 0 Å². The van der Waals surface area contributed by atoms with E-state index in [2.05, 4.69) is 25.2 Å². The maximum absolute atomic E-state index is 11.8. The molecule has 0 bridgehead atoms. The Bertz CT molecular complexity index is 298. The van der Waals surface area contributed by atoms with Crippen LogP contribution < -0.4 is 5.32 Å². The molecule has 1 aliphatic carbocycles. The predicted molar refractivity (Wildman–Crippen MR) is 77.4 cm³/mol. The predicted octanol–water partition coefficient (Wildman–Crippen LogP) is 3.79. The van der Waals surface area contributed by atoms with Gasteiger partial charge < -0.3 is 5.32 Å². The van der Waals surface area contributed by atoms with Gasteiger partial charge in [-0.2, -0.15) is 5.26 Å². The van der Waals surface area contributed by atoms with E-state index in [0.717, 1.165) is 44.4 Å². The summed E-state index contributed by atoms with van der Waals surface area (Å²) in [5, 5.41) is 11.8. The van der Waals surface area contributed by atoms with Crippen molar-refractivity contribution in [3.63, 3.8) is 0 Å². The maximum atomic E-state index is 11.8. The molecule has 1 aliphatic rings. The van der Waals surface area contributed by atoms with Gasteiger partial charge in [0.15, 0.2) is 0 Å². The molecule has 0 heterocycles. The molecule has 0 radical (unpaired) electrons. The van der Waals surface area contributed by atoms with Crippen molar-refractivity contribution in [3.05, 3.63) is 0 Å². The van der Waals surface area contributed by atoms with E-state index in [9.17, 15) is 4.79 Å². The first-order chi connectivity index (χ1) is 9.11. The lowest BCUT2D eigenvalue weighted by Gasteiger charge is -2.27. The highest BCUT2D eigenvalue weighted by molar-refractivity contribution is 5.76. The van der Waals surface area contributed by atoms with Crippen LogP contribution >= 0.6 is 0 Å². The summed E-state index contributed by atoms with van der Waals surface area (Å²) in [6, 6.07) is 2.60. The maximum Gasteiger partial charge on any atom is 0.220 e. The molecule has 19 heavy (non-hydrogen) atoms. The Labute approximate surface area is 117 Å². The number of nitriles is 1. The summed E-state index contributed by atoms with van der Waals surface area (Å²) in [5.74, 6) is 1.51. The summed E-state index contributed by atoms with van der Waals surface area (Å²) in [4.78, 5) is 11.8. The number of hydrogen-bond acceptors (Lipinski definition) is 2. The monoisotopic (exact) mass is 264 g/mol. The Hall–Kier alpha value is -1.04. The molecule has 0 aromatic heterocycles. The fraction of sp³-hybridized carbons (Fsp3) is 0.875. The van der Waals surface area contributed by atoms with Gasteiger partial charge in [-0.05, 0) is 43.9 Å². The van der Waals surface area contributed by atoms with Crippen LogP contribution in [0.5, 0.6) is 0 Å². The van der Waals surface area contributed by atoms with Crippen LogP contribution in [0.25, 0.3) is 0 Å². The zero-order valence-corrected chi connectivity index (χ0v) is 12.5. The van der Waals surface area contributed by atoms with E-state index in [1.165, 1.54) is 6.42 Å². The molecular formula is C16H28N2O. The highest BCUT2D eigenvalue weighted by atomic mass is 16.1. The highest BCUT2D eigenvalue weighted by Gasteiger charge is 2.21. The lowest BCUT2D eigenvalue weighted by Crippen LogP contribution is -2.37. The quantitative estimate of drug-likeness (QED) is 0.711. The minimum Gasteiger partial charge on any atom is -0.353 e. The van der Waals surface area contributed by atoms with Gasteiger partial charge in [0.2, 0.25) is 5.91 Å². The fourth-order valence-electron chi connectivity index (χ4n) is 2.78. The molecule has 0 saturated heterocycles. The SMILES string of the molecule is CC(C)CCCCC(=O)NC1CCC(CC#N)CC1. The summed E-state index contributed by atoms with van der Waals surface area (Å²) in [6.45, 7) is 4.44. The van der Waals surface area contributed by atoms with E-state index in [0.29, 0.717) is 24.8 Å². The van der Waals surface area contributed by atoms with Gasteiger partial charge in [-0.15, -0.1) is 0 Å². The van der Waals surface area contributed by atoms with E-state index in [1.54, 1.807) is 0 Å². The lowest BCUT2D eigenvalue weighted by atomic mass is 9.84. The van der Waals surface area contributed by atoms with Crippen molar-refractivity contribution in [1.82, 2.24) is 5.32 Å². The Balaban J connectivity index is 2.08. The average Bonchev–Trinajstić information content (AvgIpc) is 2.37. The van der Waals surface area contributed by atoms with Crippen LogP contribution in [0.15, 0.2) is 0 Å². The molecule has 0 spiro atoms. The number of amides is 1. The second-order valence-electron chi connectivity index (χ2n) is 6.29. The topological polar surface area (TPSA) is 52.9 Å². The first-order valence-electron chi connectivity index (χ1n) is 7.78. The minimum atomic E-state index is 0.215. The first-order valence-corrected chi connectivity index (χ1v) is 7.78. The summed E-state index contributed by atoms with van der Waals surface area (Å²) in [5.41, 5.74) is 0. The van der Waals surface area contributed by atoms with E-state index in [1.807, 2.05) is 0 Å². The van der Waals surface area contributed by atoms with Crippen LogP contribution in [0.1, 0.15) is 71.6 Å². The first kappa shape index (κ1) is 16.0. The zero-order chi connectivity index (χ0) is 14.1. The van der Waals surface area contributed by atoms with Crippen molar-refractivity contribution in [2.24, 2.45) is 11.8 Å². The van der Waals surface area contributed by atoms with Crippen molar-refractivity contribution < 1.29 is 4.79 Å². The van der Waals surface area contributed by atoms with Crippen molar-refractivity contribution >= 4 is 5.91 Å². The molecule has 0 atom stereocenters. The molecule has 1 saturated carbocycles. The Morgan fingerprint density at radius 2 is 1.95 bits per heavy atom. The Morgan fingerprint density at radius 1 is 1.26 bits per heavy atom. The van der Waals surface area contributed by atoms with Gasteiger partial charge in [0.1, 0.15) is 0 Å². The van der Waals surface area contributed by atoms with Gasteiger partial charge in [0, 0.05) is 18.9 Å². The molecule has 0 unspecified atom stereocenters. The number of hydrogen-bond donors (Lipinski definition) is 1. The second-order valence-corrected chi connectivity index (χ2v) is 6.29. The summed E-state index contributed by atoms with van der Waals surface area (Å²) in [7, 11) is 0. The number of rotatable bonds is 7. The van der Waals surface area contributed by atoms with Crippen LogP contribution in [0.2, 0.25) is 0 Å². The smallest absolute Gasteiger partial charge is 0.220 e. The number of unbranched alkanes of at least 4 members (excludes halogenated alkanes) is 1. The van der Waals surface area contributed by atoms with Crippen molar-refractivity contribution in [2.45, 2.75) is 77.7 Å². The Morgan fingerprint density at radius 3 is 2.53 bits per heavy atom. The summed E-state index contributed by atoms with van der Waals surface area (Å²) >= 11 is 0. The van der Waals surface area contributed by atoms with Gasteiger partial charge in [-0.3, -0.25) is 4.79 Å². The van der Waals surface area contributed by atoms with Crippen LogP contribution in [0.3, 0.4) is 0 Å². The third-order valence-electron chi connectivity index (χ3n) is 4.03. The number of nitrogens with zero attached hydrogens (tertiary/aromatic N) is 1. The fourth-order valence-corrected chi connectivity index (χ4v) is 2.78. The molecule has 1 fully saturated rings. The van der Waals surface area contributed by atoms with Crippen molar-refractivity contribution in [3.8, 4) is 6.07 Å². The van der Waals surface area contributed by atoms with Gasteiger partial charge in [-0.25, -0.2) is 0 Å². The molecule has 0 aromatic rings. The Kier molecular flexibility index (Phi) is 7.55. The largest absolute Gasteiger partial charge is 0.353 e. The van der Waals surface area contributed by atoms with Gasteiger partial charge in [-0.1, -0.05) is 26.7 Å². The summed E-state index contributed by atoms with van der Waals surface area (Å²) < 4.78 is 0. The molecule has 3 heteroatoms. The normalized spacial score (nSPS) is 23.1. The average molecular weight is 264 g/mol. The van der Waals surface area contributed by atoms with Crippen molar-refractivity contribution in [2.75, 3.05) is 0 Å². The molecule has 0 aromatic carbocycles. The molecule has 1 rings (SSSR count). The van der Waals surface area contributed by atoms with E-state index < -0.39 is 0 Å². The third-order valence-corrected chi connectivity index (χ3v) is 4.03.